The molecular formula is C23H26O7. The summed E-state index contributed by atoms with van der Waals surface area (Å²) in [5.74, 6) is 1.65. The van der Waals surface area contributed by atoms with E-state index < -0.39 is 0 Å². The van der Waals surface area contributed by atoms with E-state index in [1.165, 1.54) is 28.4 Å². The highest BCUT2D eigenvalue weighted by Crippen LogP contribution is 2.34. The molecule has 2 rings (SSSR count). The zero-order chi connectivity index (χ0) is 22.1. The van der Waals surface area contributed by atoms with Crippen LogP contribution in [0.15, 0.2) is 24.3 Å². The van der Waals surface area contributed by atoms with Crippen molar-refractivity contribution in [3.63, 3.8) is 0 Å². The third-order valence-corrected chi connectivity index (χ3v) is 4.44. The van der Waals surface area contributed by atoms with E-state index in [0.717, 1.165) is 11.8 Å². The van der Waals surface area contributed by atoms with E-state index in [0.29, 0.717) is 46.3 Å². The van der Waals surface area contributed by atoms with E-state index in [9.17, 15) is 9.59 Å². The molecule has 7 heteroatoms. The summed E-state index contributed by atoms with van der Waals surface area (Å²) in [6.07, 6.45) is 4.38. The predicted octanol–water partition coefficient (Wildman–Crippen LogP) is 3.81. The number of benzene rings is 2. The van der Waals surface area contributed by atoms with Crippen LogP contribution in [0.3, 0.4) is 0 Å². The average molecular weight is 414 g/mol. The first-order chi connectivity index (χ1) is 14.5. The van der Waals surface area contributed by atoms with Gasteiger partial charge in [0.15, 0.2) is 29.3 Å². The van der Waals surface area contributed by atoms with Gasteiger partial charge in [-0.05, 0) is 47.9 Å². The number of rotatable bonds is 10. The summed E-state index contributed by atoms with van der Waals surface area (Å²) < 4.78 is 26.4. The molecule has 0 aliphatic carbocycles. The normalized spacial score (nSPS) is 10.6. The SMILES string of the molecule is CCOC(=O)Cc1cc(OC)c(OC)cc1/C=C/c1cc(OC)c(OC)cc1C=O. The fraction of sp³-hybridized carbons (Fsp3) is 0.304. The van der Waals surface area contributed by atoms with Crippen molar-refractivity contribution in [1.29, 1.82) is 0 Å². The maximum atomic E-state index is 12.1. The van der Waals surface area contributed by atoms with Crippen molar-refractivity contribution in [3.8, 4) is 23.0 Å². The Balaban J connectivity index is 2.53. The molecule has 0 heterocycles. The largest absolute Gasteiger partial charge is 0.493 e. The lowest BCUT2D eigenvalue weighted by molar-refractivity contribution is -0.142. The standard InChI is InChI=1S/C23H26O7/c1-6-30-23(25)13-17-11-21(28-4)19(26-2)9-15(17)7-8-16-10-20(27-3)22(29-5)12-18(16)14-24/h7-12,14H,6,13H2,1-5H3/b8-7+. The molecule has 0 spiro atoms. The smallest absolute Gasteiger partial charge is 0.310 e. The molecule has 0 N–H and O–H groups in total. The number of aldehydes is 1. The predicted molar refractivity (Wildman–Crippen MR) is 114 cm³/mol. The van der Waals surface area contributed by atoms with Gasteiger partial charge >= 0.3 is 5.97 Å². The Kier molecular flexibility index (Phi) is 8.29. The zero-order valence-corrected chi connectivity index (χ0v) is 17.8. The quantitative estimate of drug-likeness (QED) is 0.332. The molecule has 2 aromatic carbocycles. The van der Waals surface area contributed by atoms with Gasteiger partial charge in [-0.25, -0.2) is 0 Å². The molecule has 0 aliphatic heterocycles. The van der Waals surface area contributed by atoms with Crippen LogP contribution < -0.4 is 18.9 Å². The second-order valence-electron chi connectivity index (χ2n) is 6.18. The molecule has 0 aliphatic rings. The lowest BCUT2D eigenvalue weighted by atomic mass is 10.0. The molecule has 0 amide bonds. The average Bonchev–Trinajstić information content (AvgIpc) is 2.77. The summed E-state index contributed by atoms with van der Waals surface area (Å²) >= 11 is 0. The fourth-order valence-corrected chi connectivity index (χ4v) is 2.95. The number of carbonyl (C=O) groups is 2. The second-order valence-corrected chi connectivity index (χ2v) is 6.18. The summed E-state index contributed by atoms with van der Waals surface area (Å²) in [5.41, 5.74) is 2.51. The van der Waals surface area contributed by atoms with E-state index in [4.69, 9.17) is 23.7 Å². The molecular weight excluding hydrogens is 388 g/mol. The maximum Gasteiger partial charge on any atom is 0.310 e. The van der Waals surface area contributed by atoms with Crippen LogP contribution in [0.4, 0.5) is 0 Å². The molecule has 7 nitrogen and oxygen atoms in total. The van der Waals surface area contributed by atoms with E-state index >= 15 is 0 Å². The van der Waals surface area contributed by atoms with Gasteiger partial charge in [0.2, 0.25) is 0 Å². The third kappa shape index (κ3) is 5.31. The van der Waals surface area contributed by atoms with E-state index in [-0.39, 0.29) is 12.4 Å². The van der Waals surface area contributed by atoms with Crippen molar-refractivity contribution in [2.75, 3.05) is 35.0 Å². The van der Waals surface area contributed by atoms with E-state index in [1.807, 2.05) is 0 Å². The van der Waals surface area contributed by atoms with Gasteiger partial charge in [-0.1, -0.05) is 12.2 Å². The van der Waals surface area contributed by atoms with E-state index in [1.54, 1.807) is 43.3 Å². The Morgan fingerprint density at radius 1 is 0.767 bits per heavy atom. The van der Waals surface area contributed by atoms with Crippen LogP contribution in [0.1, 0.15) is 34.0 Å². The number of ether oxygens (including phenoxy) is 5. The monoisotopic (exact) mass is 414 g/mol. The highest BCUT2D eigenvalue weighted by Gasteiger charge is 2.14. The Morgan fingerprint density at radius 2 is 1.23 bits per heavy atom. The first-order valence-corrected chi connectivity index (χ1v) is 9.31. The van der Waals surface area contributed by atoms with Gasteiger partial charge < -0.3 is 23.7 Å². The van der Waals surface area contributed by atoms with Crippen molar-refractivity contribution >= 4 is 24.4 Å². The topological polar surface area (TPSA) is 80.3 Å². The van der Waals surface area contributed by atoms with E-state index in [2.05, 4.69) is 0 Å². The minimum Gasteiger partial charge on any atom is -0.493 e. The zero-order valence-electron chi connectivity index (χ0n) is 17.8. The van der Waals surface area contributed by atoms with Crippen molar-refractivity contribution in [3.05, 3.63) is 46.5 Å². The van der Waals surface area contributed by atoms with Crippen molar-refractivity contribution in [2.24, 2.45) is 0 Å². The van der Waals surface area contributed by atoms with Crippen LogP contribution in [0, 0.1) is 0 Å². The summed E-state index contributed by atoms with van der Waals surface area (Å²) in [7, 11) is 6.10. The fourth-order valence-electron chi connectivity index (χ4n) is 2.95. The third-order valence-electron chi connectivity index (χ3n) is 4.44. The van der Waals surface area contributed by atoms with Gasteiger partial charge in [0.05, 0.1) is 41.5 Å². The Labute approximate surface area is 176 Å². The number of hydrogen-bond donors (Lipinski definition) is 0. The van der Waals surface area contributed by atoms with Crippen LogP contribution in [-0.2, 0) is 16.0 Å². The molecule has 0 atom stereocenters. The number of esters is 1. The van der Waals surface area contributed by atoms with Crippen molar-refractivity contribution in [2.45, 2.75) is 13.3 Å². The molecule has 160 valence electrons. The van der Waals surface area contributed by atoms with Crippen molar-refractivity contribution in [1.82, 2.24) is 0 Å². The molecule has 0 saturated heterocycles. The lowest BCUT2D eigenvalue weighted by Crippen LogP contribution is -2.09. The summed E-state index contributed by atoms with van der Waals surface area (Å²) in [5, 5.41) is 0. The van der Waals surface area contributed by atoms with Gasteiger partial charge in [0, 0.05) is 5.56 Å². The number of methoxy groups -OCH3 is 4. The summed E-state index contributed by atoms with van der Waals surface area (Å²) in [6.45, 7) is 2.05. The summed E-state index contributed by atoms with van der Waals surface area (Å²) in [4.78, 5) is 23.6. The number of hydrogen-bond acceptors (Lipinski definition) is 7. The molecule has 0 unspecified atom stereocenters. The van der Waals surface area contributed by atoms with Gasteiger partial charge in [-0.2, -0.15) is 0 Å². The first-order valence-electron chi connectivity index (χ1n) is 9.31. The molecule has 0 aromatic heterocycles. The Hall–Kier alpha value is -3.48. The minimum atomic E-state index is -0.348. The molecule has 0 radical (unpaired) electrons. The van der Waals surface area contributed by atoms with Crippen LogP contribution >= 0.6 is 0 Å². The number of carbonyl (C=O) groups excluding carboxylic acids is 2. The van der Waals surface area contributed by atoms with Crippen LogP contribution in [0.5, 0.6) is 23.0 Å². The van der Waals surface area contributed by atoms with Gasteiger partial charge in [0.1, 0.15) is 0 Å². The van der Waals surface area contributed by atoms with Gasteiger partial charge in [0.25, 0.3) is 0 Å². The van der Waals surface area contributed by atoms with Crippen molar-refractivity contribution < 1.29 is 33.3 Å². The minimum absolute atomic E-state index is 0.0698. The van der Waals surface area contributed by atoms with Gasteiger partial charge in [-0.3, -0.25) is 9.59 Å². The molecule has 0 bridgehead atoms. The Bertz CT molecular complexity index is 932. The highest BCUT2D eigenvalue weighted by molar-refractivity contribution is 5.87. The molecule has 30 heavy (non-hydrogen) atoms. The highest BCUT2D eigenvalue weighted by atomic mass is 16.5. The first kappa shape index (κ1) is 22.8. The molecule has 0 saturated carbocycles. The van der Waals surface area contributed by atoms with Crippen LogP contribution in [-0.4, -0.2) is 47.3 Å². The van der Waals surface area contributed by atoms with Crippen LogP contribution in [0.25, 0.3) is 12.2 Å². The Morgan fingerprint density at radius 3 is 1.73 bits per heavy atom. The van der Waals surface area contributed by atoms with Crippen LogP contribution in [0.2, 0.25) is 0 Å². The molecule has 2 aromatic rings. The van der Waals surface area contributed by atoms with Gasteiger partial charge in [-0.15, -0.1) is 0 Å². The lowest BCUT2D eigenvalue weighted by Gasteiger charge is -2.13. The molecule has 0 fully saturated rings. The summed E-state index contributed by atoms with van der Waals surface area (Å²) in [6, 6.07) is 6.83. The second kappa shape index (κ2) is 10.9. The maximum absolute atomic E-state index is 12.1.